The van der Waals surface area contributed by atoms with Crippen LogP contribution in [-0.2, 0) is 6.54 Å². The molecule has 2 aliphatic rings. The lowest BCUT2D eigenvalue weighted by atomic mass is 9.89. The summed E-state index contributed by atoms with van der Waals surface area (Å²) in [5.41, 5.74) is 7.83. The Morgan fingerprint density at radius 2 is 1.92 bits per heavy atom. The van der Waals surface area contributed by atoms with Gasteiger partial charge in [-0.25, -0.2) is 0 Å². The topological polar surface area (TPSA) is 24.5 Å². The third-order valence-electron chi connectivity index (χ3n) is 5.10. The monoisotopic (exact) mass is 334 g/mol. The number of ether oxygens (including phenoxy) is 1. The second-order valence-corrected chi connectivity index (χ2v) is 7.51. The summed E-state index contributed by atoms with van der Waals surface area (Å²) in [6.07, 6.45) is 3.53. The van der Waals surface area contributed by atoms with E-state index in [1.54, 1.807) is 7.11 Å². The third kappa shape index (κ3) is 2.58. The number of nitrogens with one attached hydrogen (secondary N) is 1. The van der Waals surface area contributed by atoms with Gasteiger partial charge in [0.2, 0.25) is 0 Å². The van der Waals surface area contributed by atoms with E-state index >= 15 is 0 Å². The summed E-state index contributed by atoms with van der Waals surface area (Å²) in [7, 11) is 1.75. The first-order valence-electron chi connectivity index (χ1n) is 9.09. The molecule has 0 saturated carbocycles. The highest BCUT2D eigenvalue weighted by Crippen LogP contribution is 2.47. The summed E-state index contributed by atoms with van der Waals surface area (Å²) < 4.78 is 5.62. The van der Waals surface area contributed by atoms with E-state index in [1.165, 1.54) is 33.6 Å². The minimum atomic E-state index is -0.0259. The summed E-state index contributed by atoms with van der Waals surface area (Å²) in [6.45, 7) is 8.77. The largest absolute Gasteiger partial charge is 0.496 e. The van der Waals surface area contributed by atoms with Crippen LogP contribution >= 0.6 is 0 Å². The number of hydrogen-bond donors (Lipinski definition) is 1. The molecule has 3 heteroatoms. The van der Waals surface area contributed by atoms with Crippen LogP contribution in [0.25, 0.3) is 16.8 Å². The van der Waals surface area contributed by atoms with E-state index in [1.807, 2.05) is 12.1 Å². The predicted octanol–water partition coefficient (Wildman–Crippen LogP) is 5.13. The highest BCUT2D eigenvalue weighted by atomic mass is 16.5. The molecule has 2 aromatic rings. The maximum absolute atomic E-state index is 5.62. The minimum absolute atomic E-state index is 0.0259. The van der Waals surface area contributed by atoms with Gasteiger partial charge in [0.05, 0.1) is 12.6 Å². The molecule has 0 amide bonds. The Morgan fingerprint density at radius 3 is 2.68 bits per heavy atom. The Hall–Kier alpha value is -2.42. The quantitative estimate of drug-likeness (QED) is 0.838. The van der Waals surface area contributed by atoms with Crippen molar-refractivity contribution in [1.29, 1.82) is 0 Å². The van der Waals surface area contributed by atoms with Crippen molar-refractivity contribution in [2.24, 2.45) is 0 Å². The molecule has 0 fully saturated rings. The van der Waals surface area contributed by atoms with Crippen molar-refractivity contribution in [3.05, 3.63) is 53.6 Å². The van der Waals surface area contributed by atoms with Crippen LogP contribution in [0.5, 0.6) is 5.75 Å². The van der Waals surface area contributed by atoms with E-state index in [4.69, 9.17) is 4.74 Å². The van der Waals surface area contributed by atoms with Gasteiger partial charge in [-0.3, -0.25) is 0 Å². The fourth-order valence-corrected chi connectivity index (χ4v) is 4.12. The molecule has 25 heavy (non-hydrogen) atoms. The van der Waals surface area contributed by atoms with Gasteiger partial charge in [-0.2, -0.15) is 0 Å². The van der Waals surface area contributed by atoms with Gasteiger partial charge in [-0.05, 0) is 49.6 Å². The van der Waals surface area contributed by atoms with Gasteiger partial charge < -0.3 is 15.0 Å². The van der Waals surface area contributed by atoms with Crippen molar-refractivity contribution in [3.63, 3.8) is 0 Å². The first-order valence-corrected chi connectivity index (χ1v) is 9.09. The number of methoxy groups -OCH3 is 1. The second-order valence-electron chi connectivity index (χ2n) is 7.51. The highest BCUT2D eigenvalue weighted by molar-refractivity contribution is 5.90. The number of anilines is 1. The molecule has 0 spiro atoms. The molecule has 0 bridgehead atoms. The first kappa shape index (κ1) is 16.1. The second kappa shape index (κ2) is 5.83. The lowest BCUT2D eigenvalue weighted by Crippen LogP contribution is -2.33. The normalized spacial score (nSPS) is 17.0. The van der Waals surface area contributed by atoms with Crippen LogP contribution < -0.4 is 10.1 Å². The molecule has 2 aliphatic heterocycles. The SMILES string of the molecule is CCCN1Cc2c(-c3ccccc3OC)ccc3c2C1=CC(C)(C)N3. The number of benzene rings is 2. The molecule has 0 atom stereocenters. The lowest BCUT2D eigenvalue weighted by Gasteiger charge is -2.33. The van der Waals surface area contributed by atoms with E-state index in [9.17, 15) is 0 Å². The Labute approximate surface area is 150 Å². The molecule has 4 rings (SSSR count). The Morgan fingerprint density at radius 1 is 1.12 bits per heavy atom. The summed E-state index contributed by atoms with van der Waals surface area (Å²) in [5.74, 6) is 0.933. The molecular weight excluding hydrogens is 308 g/mol. The van der Waals surface area contributed by atoms with Crippen molar-refractivity contribution < 1.29 is 4.74 Å². The molecule has 2 heterocycles. The molecule has 0 radical (unpaired) electrons. The van der Waals surface area contributed by atoms with Gasteiger partial charge in [0.1, 0.15) is 5.75 Å². The standard InChI is InChI=1S/C22H26N2O/c1-5-12-24-14-17-15(16-8-6-7-9-20(16)25-4)10-11-18-21(17)19(24)13-22(2,3)23-18/h6-11,13,23H,5,12,14H2,1-4H3. The van der Waals surface area contributed by atoms with Crippen molar-refractivity contribution in [2.75, 3.05) is 19.0 Å². The molecule has 1 N–H and O–H groups in total. The molecule has 3 nitrogen and oxygen atoms in total. The third-order valence-corrected chi connectivity index (χ3v) is 5.10. The van der Waals surface area contributed by atoms with Crippen molar-refractivity contribution >= 4 is 11.4 Å². The molecule has 0 saturated heterocycles. The highest BCUT2D eigenvalue weighted by Gasteiger charge is 2.35. The van der Waals surface area contributed by atoms with Crippen LogP contribution in [0.2, 0.25) is 0 Å². The van der Waals surface area contributed by atoms with Gasteiger partial charge >= 0.3 is 0 Å². The molecule has 0 aliphatic carbocycles. The molecule has 130 valence electrons. The van der Waals surface area contributed by atoms with Crippen LogP contribution in [0.4, 0.5) is 5.69 Å². The minimum Gasteiger partial charge on any atom is -0.496 e. The zero-order valence-corrected chi connectivity index (χ0v) is 15.5. The zero-order chi connectivity index (χ0) is 17.6. The Balaban J connectivity index is 1.92. The van der Waals surface area contributed by atoms with Crippen molar-refractivity contribution in [2.45, 2.75) is 39.3 Å². The number of rotatable bonds is 4. The van der Waals surface area contributed by atoms with Gasteiger partial charge in [0.25, 0.3) is 0 Å². The van der Waals surface area contributed by atoms with Crippen LogP contribution in [0.1, 0.15) is 38.3 Å². The van der Waals surface area contributed by atoms with E-state index < -0.39 is 0 Å². The van der Waals surface area contributed by atoms with Crippen molar-refractivity contribution in [3.8, 4) is 16.9 Å². The van der Waals surface area contributed by atoms with E-state index in [0.29, 0.717) is 0 Å². The van der Waals surface area contributed by atoms with Gasteiger partial charge in [-0.1, -0.05) is 31.2 Å². The first-order chi connectivity index (χ1) is 12.0. The summed E-state index contributed by atoms with van der Waals surface area (Å²) in [6, 6.07) is 12.8. The number of para-hydroxylation sites is 1. The fraction of sp³-hybridized carbons (Fsp3) is 0.364. The molecule has 0 unspecified atom stereocenters. The lowest BCUT2D eigenvalue weighted by molar-refractivity contribution is 0.405. The summed E-state index contributed by atoms with van der Waals surface area (Å²) in [5, 5.41) is 3.68. The molecule has 0 aromatic heterocycles. The summed E-state index contributed by atoms with van der Waals surface area (Å²) in [4.78, 5) is 2.52. The predicted molar refractivity (Wildman–Crippen MR) is 105 cm³/mol. The molecular formula is C22H26N2O. The maximum atomic E-state index is 5.62. The van der Waals surface area contributed by atoms with Crippen LogP contribution in [0.3, 0.4) is 0 Å². The maximum Gasteiger partial charge on any atom is 0.126 e. The van der Waals surface area contributed by atoms with Crippen molar-refractivity contribution in [1.82, 2.24) is 4.90 Å². The van der Waals surface area contributed by atoms with Gasteiger partial charge in [0.15, 0.2) is 0 Å². The van der Waals surface area contributed by atoms with Gasteiger partial charge in [0, 0.05) is 35.6 Å². The van der Waals surface area contributed by atoms with Crippen LogP contribution in [0.15, 0.2) is 42.5 Å². The average Bonchev–Trinajstić information content (AvgIpc) is 2.94. The average molecular weight is 334 g/mol. The van der Waals surface area contributed by atoms with E-state index in [-0.39, 0.29) is 5.54 Å². The Kier molecular flexibility index (Phi) is 3.75. The smallest absolute Gasteiger partial charge is 0.126 e. The summed E-state index contributed by atoms with van der Waals surface area (Å²) >= 11 is 0. The van der Waals surface area contributed by atoms with E-state index in [0.717, 1.165) is 25.3 Å². The van der Waals surface area contributed by atoms with Crippen LogP contribution in [-0.4, -0.2) is 24.1 Å². The van der Waals surface area contributed by atoms with E-state index in [2.05, 4.69) is 61.3 Å². The zero-order valence-electron chi connectivity index (χ0n) is 15.5. The number of hydrogen-bond acceptors (Lipinski definition) is 3. The fourth-order valence-electron chi connectivity index (χ4n) is 4.12. The van der Waals surface area contributed by atoms with Gasteiger partial charge in [-0.15, -0.1) is 0 Å². The van der Waals surface area contributed by atoms with Crippen LogP contribution in [0, 0.1) is 0 Å². The number of nitrogens with zero attached hydrogens (tertiary/aromatic N) is 1. The molecule has 2 aromatic carbocycles. The Bertz CT molecular complexity index is 851.